The molecule has 7 nitrogen and oxygen atoms in total. The smallest absolute Gasteiger partial charge is 0.253 e. The van der Waals surface area contributed by atoms with Gasteiger partial charge in [-0.1, -0.05) is 18.9 Å². The van der Waals surface area contributed by atoms with Gasteiger partial charge in [-0.15, -0.1) is 5.10 Å². The van der Waals surface area contributed by atoms with Crippen LogP contribution >= 0.6 is 0 Å². The molecule has 1 amide bonds. The molecule has 0 spiro atoms. The van der Waals surface area contributed by atoms with Gasteiger partial charge >= 0.3 is 0 Å². The van der Waals surface area contributed by atoms with E-state index in [2.05, 4.69) is 15.5 Å². The molecule has 0 unspecified atom stereocenters. The second-order valence-corrected chi connectivity index (χ2v) is 6.85. The Morgan fingerprint density at radius 3 is 3.04 bits per heavy atom. The van der Waals surface area contributed by atoms with Gasteiger partial charge < -0.3 is 10.0 Å². The van der Waals surface area contributed by atoms with Crippen molar-refractivity contribution in [1.29, 1.82) is 0 Å². The van der Waals surface area contributed by atoms with Crippen LogP contribution in [0, 0.1) is 5.92 Å². The molecule has 2 heterocycles. The lowest BCUT2D eigenvalue weighted by atomic mass is 9.71. The van der Waals surface area contributed by atoms with Crippen molar-refractivity contribution < 1.29 is 9.90 Å². The van der Waals surface area contributed by atoms with Crippen molar-refractivity contribution in [2.24, 2.45) is 5.92 Å². The summed E-state index contributed by atoms with van der Waals surface area (Å²) in [4.78, 5) is 14.8. The van der Waals surface area contributed by atoms with Crippen LogP contribution in [0.4, 0.5) is 0 Å². The summed E-state index contributed by atoms with van der Waals surface area (Å²) in [5, 5.41) is 21.9. The fraction of sp³-hybridized carbons (Fsp3) is 0.529. The Bertz CT molecular complexity index is 732. The van der Waals surface area contributed by atoms with E-state index in [0.717, 1.165) is 31.4 Å². The molecule has 2 aromatic rings. The minimum atomic E-state index is -0.566. The number of benzene rings is 1. The molecule has 1 saturated carbocycles. The van der Waals surface area contributed by atoms with Crippen LogP contribution in [-0.2, 0) is 0 Å². The first kappa shape index (κ1) is 15.3. The first-order chi connectivity index (χ1) is 11.7. The summed E-state index contributed by atoms with van der Waals surface area (Å²) in [5.74, 6) is 0.212. The number of fused-ring (bicyclic) bond motifs is 1. The predicted molar refractivity (Wildman–Crippen MR) is 86.6 cm³/mol. The Balaban J connectivity index is 1.53. The summed E-state index contributed by atoms with van der Waals surface area (Å²) < 4.78 is 1.53. The van der Waals surface area contributed by atoms with E-state index in [0.29, 0.717) is 25.1 Å². The van der Waals surface area contributed by atoms with Gasteiger partial charge in [0.2, 0.25) is 0 Å². The van der Waals surface area contributed by atoms with Gasteiger partial charge in [0.1, 0.15) is 6.33 Å². The van der Waals surface area contributed by atoms with Crippen LogP contribution in [0.5, 0.6) is 0 Å². The minimum Gasteiger partial charge on any atom is -0.389 e. The Morgan fingerprint density at radius 1 is 1.29 bits per heavy atom. The van der Waals surface area contributed by atoms with Crippen molar-refractivity contribution in [2.45, 2.75) is 37.7 Å². The van der Waals surface area contributed by atoms with Crippen molar-refractivity contribution in [2.75, 3.05) is 13.1 Å². The molecule has 1 aliphatic heterocycles. The van der Waals surface area contributed by atoms with Gasteiger partial charge in [0.05, 0.1) is 11.3 Å². The number of hydrogen-bond donors (Lipinski definition) is 1. The third-order valence-corrected chi connectivity index (χ3v) is 5.42. The third kappa shape index (κ3) is 2.69. The van der Waals surface area contributed by atoms with Crippen LogP contribution in [0.2, 0.25) is 0 Å². The van der Waals surface area contributed by atoms with E-state index in [1.165, 1.54) is 11.0 Å². The van der Waals surface area contributed by atoms with E-state index in [1.807, 2.05) is 23.1 Å². The second-order valence-electron chi connectivity index (χ2n) is 6.85. The molecule has 0 bridgehead atoms. The summed E-state index contributed by atoms with van der Waals surface area (Å²) in [5.41, 5.74) is 0.824. The lowest BCUT2D eigenvalue weighted by molar-refractivity contribution is -0.0886. The zero-order valence-electron chi connectivity index (χ0n) is 13.5. The van der Waals surface area contributed by atoms with E-state index in [9.17, 15) is 9.90 Å². The summed E-state index contributed by atoms with van der Waals surface area (Å²) in [6.45, 7) is 1.26. The topological polar surface area (TPSA) is 84.1 Å². The maximum Gasteiger partial charge on any atom is 0.253 e. The van der Waals surface area contributed by atoms with Crippen molar-refractivity contribution >= 4 is 5.91 Å². The van der Waals surface area contributed by atoms with Gasteiger partial charge in [0, 0.05) is 24.6 Å². The van der Waals surface area contributed by atoms with Gasteiger partial charge in [-0.2, -0.15) is 0 Å². The SMILES string of the molecule is O=C(c1cccc(-n2cnnn2)c1)N1CC[C@@]2(O)CCCC[C@@H]2C1. The summed E-state index contributed by atoms with van der Waals surface area (Å²) in [7, 11) is 0. The first-order valence-corrected chi connectivity index (χ1v) is 8.51. The molecule has 1 N–H and O–H groups in total. The molecule has 1 aromatic carbocycles. The van der Waals surface area contributed by atoms with Crippen LogP contribution < -0.4 is 0 Å². The monoisotopic (exact) mass is 327 g/mol. The number of piperidine rings is 1. The van der Waals surface area contributed by atoms with Gasteiger partial charge in [-0.3, -0.25) is 4.79 Å². The normalized spacial score (nSPS) is 26.9. The fourth-order valence-corrected chi connectivity index (χ4v) is 4.00. The number of likely N-dealkylation sites (tertiary alicyclic amines) is 1. The number of amides is 1. The molecule has 2 fully saturated rings. The highest BCUT2D eigenvalue weighted by atomic mass is 16.3. The van der Waals surface area contributed by atoms with Gasteiger partial charge in [0.15, 0.2) is 0 Å². The van der Waals surface area contributed by atoms with E-state index in [1.54, 1.807) is 6.07 Å². The van der Waals surface area contributed by atoms with Gasteiger partial charge in [0.25, 0.3) is 5.91 Å². The van der Waals surface area contributed by atoms with E-state index >= 15 is 0 Å². The van der Waals surface area contributed by atoms with Crippen molar-refractivity contribution in [3.63, 3.8) is 0 Å². The molecule has 126 valence electrons. The van der Waals surface area contributed by atoms with Crippen molar-refractivity contribution in [3.8, 4) is 5.69 Å². The van der Waals surface area contributed by atoms with E-state index in [-0.39, 0.29) is 11.8 Å². The Morgan fingerprint density at radius 2 is 2.21 bits per heavy atom. The zero-order valence-corrected chi connectivity index (χ0v) is 13.5. The molecule has 24 heavy (non-hydrogen) atoms. The van der Waals surface area contributed by atoms with Crippen LogP contribution in [-0.4, -0.2) is 54.8 Å². The molecule has 1 saturated heterocycles. The van der Waals surface area contributed by atoms with E-state index in [4.69, 9.17) is 0 Å². The number of hydrogen-bond acceptors (Lipinski definition) is 5. The Labute approximate surface area is 140 Å². The highest BCUT2D eigenvalue weighted by Gasteiger charge is 2.43. The number of nitrogens with zero attached hydrogens (tertiary/aromatic N) is 5. The maximum absolute atomic E-state index is 12.9. The highest BCUT2D eigenvalue weighted by molar-refractivity contribution is 5.94. The number of carbonyl (C=O) groups excluding carboxylic acids is 1. The number of carbonyl (C=O) groups is 1. The highest BCUT2D eigenvalue weighted by Crippen LogP contribution is 2.40. The molecular weight excluding hydrogens is 306 g/mol. The molecule has 4 rings (SSSR count). The molecule has 2 atom stereocenters. The maximum atomic E-state index is 12.9. The molecular formula is C17H21N5O2. The van der Waals surface area contributed by atoms with Gasteiger partial charge in [-0.05, 0) is 47.9 Å². The summed E-state index contributed by atoms with van der Waals surface area (Å²) in [6, 6.07) is 7.33. The van der Waals surface area contributed by atoms with Crippen molar-refractivity contribution in [1.82, 2.24) is 25.1 Å². The molecule has 2 aliphatic rings. The largest absolute Gasteiger partial charge is 0.389 e. The number of tetrazole rings is 1. The number of aromatic nitrogens is 4. The molecule has 1 aliphatic carbocycles. The average molecular weight is 327 g/mol. The lowest BCUT2D eigenvalue weighted by Crippen LogP contribution is -2.54. The van der Waals surface area contributed by atoms with Crippen LogP contribution in [0.1, 0.15) is 42.5 Å². The molecule has 0 radical (unpaired) electrons. The lowest BCUT2D eigenvalue weighted by Gasteiger charge is -2.47. The zero-order chi connectivity index (χ0) is 16.6. The second kappa shape index (κ2) is 5.98. The minimum absolute atomic E-state index is 0.0116. The number of rotatable bonds is 2. The quantitative estimate of drug-likeness (QED) is 0.902. The summed E-state index contributed by atoms with van der Waals surface area (Å²) >= 11 is 0. The molecule has 1 aromatic heterocycles. The van der Waals surface area contributed by atoms with Crippen LogP contribution in [0.25, 0.3) is 5.69 Å². The van der Waals surface area contributed by atoms with Crippen LogP contribution in [0.15, 0.2) is 30.6 Å². The molecule has 7 heteroatoms. The Kier molecular flexibility index (Phi) is 3.80. The van der Waals surface area contributed by atoms with E-state index < -0.39 is 5.60 Å². The predicted octanol–water partition coefficient (Wildman–Crippen LogP) is 1.43. The summed E-state index contributed by atoms with van der Waals surface area (Å²) in [6.07, 6.45) is 6.29. The Hall–Kier alpha value is -2.28. The standard InChI is InChI=1S/C17H21N5O2/c23-16(13-4-3-6-15(10-13)22-12-18-19-20-22)21-9-8-17(24)7-2-1-5-14(17)11-21/h3-4,6,10,12,14,24H,1-2,5,7-9,11H2/t14-,17+/m1/s1. The first-order valence-electron chi connectivity index (χ1n) is 8.51. The fourth-order valence-electron chi connectivity index (χ4n) is 4.00. The average Bonchev–Trinajstić information content (AvgIpc) is 3.15. The third-order valence-electron chi connectivity index (χ3n) is 5.42. The number of aliphatic hydroxyl groups is 1. The van der Waals surface area contributed by atoms with Crippen molar-refractivity contribution in [3.05, 3.63) is 36.2 Å². The van der Waals surface area contributed by atoms with Gasteiger partial charge in [-0.25, -0.2) is 4.68 Å². The van der Waals surface area contributed by atoms with Crippen LogP contribution in [0.3, 0.4) is 0 Å².